The molecule has 1 atom stereocenters. The van der Waals surface area contributed by atoms with Crippen molar-refractivity contribution in [1.82, 2.24) is 4.90 Å². The third kappa shape index (κ3) is 4.04. The van der Waals surface area contributed by atoms with Crippen LogP contribution in [0.15, 0.2) is 30.3 Å². The Balaban J connectivity index is 1.93. The molecule has 2 rings (SSSR count). The highest BCUT2D eigenvalue weighted by atomic mass is 32.1. The van der Waals surface area contributed by atoms with Gasteiger partial charge in [-0.15, -0.1) is 0 Å². The lowest BCUT2D eigenvalue weighted by Crippen LogP contribution is -2.31. The summed E-state index contributed by atoms with van der Waals surface area (Å²) in [5.74, 6) is 2.48. The Morgan fingerprint density at radius 1 is 1.29 bits per heavy atom. The second-order valence-corrected chi connectivity index (χ2v) is 5.45. The molecule has 0 aromatic heterocycles. The van der Waals surface area contributed by atoms with Gasteiger partial charge in [-0.25, -0.2) is 0 Å². The average Bonchev–Trinajstić information content (AvgIpc) is 3.19. The molecule has 0 N–H and O–H groups in total. The lowest BCUT2D eigenvalue weighted by atomic mass is 10.0. The van der Waals surface area contributed by atoms with Crippen molar-refractivity contribution in [3.63, 3.8) is 0 Å². The Labute approximate surface area is 111 Å². The van der Waals surface area contributed by atoms with Gasteiger partial charge in [0, 0.05) is 19.0 Å². The maximum atomic E-state index is 4.52. The quantitative estimate of drug-likeness (QED) is 0.725. The van der Waals surface area contributed by atoms with Gasteiger partial charge in [-0.2, -0.15) is 12.6 Å². The van der Waals surface area contributed by atoms with Crippen molar-refractivity contribution in [3.8, 4) is 0 Å². The number of hydrogen-bond acceptors (Lipinski definition) is 2. The Kier molecular flexibility index (Phi) is 4.93. The Bertz CT molecular complexity index is 321. The van der Waals surface area contributed by atoms with E-state index in [9.17, 15) is 0 Å². The van der Waals surface area contributed by atoms with Gasteiger partial charge in [0.15, 0.2) is 0 Å². The molecule has 0 bridgehead atoms. The standard InChI is InChI=1S/C15H23NS/c1-2-16(10-13-8-9-13)11-15(12-17)14-6-4-3-5-7-14/h3-7,13,15,17H,2,8-12H2,1H3. The van der Waals surface area contributed by atoms with Crippen LogP contribution in [-0.2, 0) is 0 Å². The highest BCUT2D eigenvalue weighted by Crippen LogP contribution is 2.30. The largest absolute Gasteiger partial charge is 0.303 e. The molecule has 0 saturated heterocycles. The zero-order valence-corrected chi connectivity index (χ0v) is 11.6. The normalized spacial score (nSPS) is 17.4. The zero-order chi connectivity index (χ0) is 12.1. The van der Waals surface area contributed by atoms with Gasteiger partial charge < -0.3 is 4.90 Å². The molecule has 1 saturated carbocycles. The minimum absolute atomic E-state index is 0.568. The lowest BCUT2D eigenvalue weighted by molar-refractivity contribution is 0.264. The van der Waals surface area contributed by atoms with Gasteiger partial charge in [-0.3, -0.25) is 0 Å². The second-order valence-electron chi connectivity index (χ2n) is 5.09. The molecule has 1 unspecified atom stereocenters. The van der Waals surface area contributed by atoms with E-state index in [-0.39, 0.29) is 0 Å². The fraction of sp³-hybridized carbons (Fsp3) is 0.600. The highest BCUT2D eigenvalue weighted by Gasteiger charge is 2.24. The van der Waals surface area contributed by atoms with E-state index in [1.54, 1.807) is 0 Å². The summed E-state index contributed by atoms with van der Waals surface area (Å²) in [6.45, 7) is 5.87. The molecule has 2 heteroatoms. The molecule has 1 nitrogen and oxygen atoms in total. The van der Waals surface area contributed by atoms with Crippen molar-refractivity contribution in [2.75, 3.05) is 25.4 Å². The SMILES string of the molecule is CCN(CC1CC1)CC(CS)c1ccccc1. The van der Waals surface area contributed by atoms with Crippen LogP contribution in [0.25, 0.3) is 0 Å². The Morgan fingerprint density at radius 3 is 2.53 bits per heavy atom. The minimum Gasteiger partial charge on any atom is -0.303 e. The number of likely N-dealkylation sites (N-methyl/N-ethyl adjacent to an activating group) is 1. The number of benzene rings is 1. The first-order valence-corrected chi connectivity index (χ1v) is 7.35. The van der Waals surface area contributed by atoms with Crippen molar-refractivity contribution >= 4 is 12.6 Å². The van der Waals surface area contributed by atoms with E-state index < -0.39 is 0 Å². The van der Waals surface area contributed by atoms with Crippen molar-refractivity contribution in [1.29, 1.82) is 0 Å². The molecule has 1 aromatic rings. The molecule has 94 valence electrons. The smallest absolute Gasteiger partial charge is 0.00581 e. The summed E-state index contributed by atoms with van der Waals surface area (Å²) in [6.07, 6.45) is 2.88. The lowest BCUT2D eigenvalue weighted by Gasteiger charge is -2.25. The molecular formula is C15H23NS. The Hall–Kier alpha value is -0.470. The molecule has 1 aromatic carbocycles. The molecule has 1 aliphatic carbocycles. The molecule has 0 heterocycles. The summed E-state index contributed by atoms with van der Waals surface area (Å²) in [6, 6.07) is 10.8. The van der Waals surface area contributed by atoms with Gasteiger partial charge in [-0.05, 0) is 36.6 Å². The maximum Gasteiger partial charge on any atom is 0.00581 e. The zero-order valence-electron chi connectivity index (χ0n) is 10.7. The predicted molar refractivity (Wildman–Crippen MR) is 77.9 cm³/mol. The maximum absolute atomic E-state index is 4.52. The van der Waals surface area contributed by atoms with Gasteiger partial charge in [0.25, 0.3) is 0 Å². The van der Waals surface area contributed by atoms with Crippen molar-refractivity contribution < 1.29 is 0 Å². The highest BCUT2D eigenvalue weighted by molar-refractivity contribution is 7.80. The van der Waals surface area contributed by atoms with Crippen LogP contribution < -0.4 is 0 Å². The minimum atomic E-state index is 0.568. The van der Waals surface area contributed by atoms with Crippen molar-refractivity contribution in [3.05, 3.63) is 35.9 Å². The molecular weight excluding hydrogens is 226 g/mol. The first-order chi connectivity index (χ1) is 8.33. The van der Waals surface area contributed by atoms with Gasteiger partial charge >= 0.3 is 0 Å². The molecule has 0 aliphatic heterocycles. The van der Waals surface area contributed by atoms with Gasteiger partial charge in [-0.1, -0.05) is 37.3 Å². The molecule has 1 aliphatic rings. The predicted octanol–water partition coefficient (Wildman–Crippen LogP) is 3.43. The summed E-state index contributed by atoms with van der Waals surface area (Å²) < 4.78 is 0. The topological polar surface area (TPSA) is 3.24 Å². The summed E-state index contributed by atoms with van der Waals surface area (Å²) >= 11 is 4.52. The molecule has 0 radical (unpaired) electrons. The average molecular weight is 249 g/mol. The van der Waals surface area contributed by atoms with E-state index in [2.05, 4.69) is 54.8 Å². The van der Waals surface area contributed by atoms with Crippen LogP contribution >= 0.6 is 12.6 Å². The third-order valence-corrected chi connectivity index (χ3v) is 4.07. The molecule has 1 fully saturated rings. The molecule has 0 amide bonds. The van der Waals surface area contributed by atoms with E-state index in [1.165, 1.54) is 24.9 Å². The van der Waals surface area contributed by atoms with Crippen LogP contribution in [0.2, 0.25) is 0 Å². The summed E-state index contributed by atoms with van der Waals surface area (Å²) in [4.78, 5) is 2.59. The van der Waals surface area contributed by atoms with Crippen LogP contribution in [0.3, 0.4) is 0 Å². The van der Waals surface area contributed by atoms with Gasteiger partial charge in [0.05, 0.1) is 0 Å². The van der Waals surface area contributed by atoms with E-state index >= 15 is 0 Å². The van der Waals surface area contributed by atoms with Gasteiger partial charge in [0.1, 0.15) is 0 Å². The van der Waals surface area contributed by atoms with Crippen LogP contribution in [0.4, 0.5) is 0 Å². The first-order valence-electron chi connectivity index (χ1n) is 6.71. The van der Waals surface area contributed by atoms with Crippen LogP contribution in [-0.4, -0.2) is 30.3 Å². The number of nitrogens with zero attached hydrogens (tertiary/aromatic N) is 1. The fourth-order valence-electron chi connectivity index (χ4n) is 2.30. The van der Waals surface area contributed by atoms with Crippen LogP contribution in [0.5, 0.6) is 0 Å². The monoisotopic (exact) mass is 249 g/mol. The number of rotatable bonds is 7. The third-order valence-electron chi connectivity index (χ3n) is 3.63. The Morgan fingerprint density at radius 2 is 2.00 bits per heavy atom. The van der Waals surface area contributed by atoms with Gasteiger partial charge in [0.2, 0.25) is 0 Å². The molecule has 17 heavy (non-hydrogen) atoms. The fourth-order valence-corrected chi connectivity index (χ4v) is 2.63. The number of thiol groups is 1. The number of hydrogen-bond donors (Lipinski definition) is 1. The van der Waals surface area contributed by atoms with Crippen LogP contribution in [0, 0.1) is 5.92 Å². The van der Waals surface area contributed by atoms with E-state index in [4.69, 9.17) is 0 Å². The summed E-state index contributed by atoms with van der Waals surface area (Å²) in [5.41, 5.74) is 1.43. The van der Waals surface area contributed by atoms with E-state index in [0.717, 1.165) is 24.8 Å². The summed E-state index contributed by atoms with van der Waals surface area (Å²) in [5, 5.41) is 0. The summed E-state index contributed by atoms with van der Waals surface area (Å²) in [7, 11) is 0. The molecule has 0 spiro atoms. The van der Waals surface area contributed by atoms with E-state index in [0.29, 0.717) is 5.92 Å². The first kappa shape index (κ1) is 13.0. The van der Waals surface area contributed by atoms with E-state index in [1.807, 2.05) is 0 Å². The van der Waals surface area contributed by atoms with Crippen molar-refractivity contribution in [2.45, 2.75) is 25.7 Å². The van der Waals surface area contributed by atoms with Crippen molar-refractivity contribution in [2.24, 2.45) is 5.92 Å². The van der Waals surface area contributed by atoms with Crippen LogP contribution in [0.1, 0.15) is 31.2 Å². The second kappa shape index (κ2) is 6.46.